The molecule has 1 saturated carbocycles. The van der Waals surface area contributed by atoms with Crippen LogP contribution in [0.2, 0.25) is 5.02 Å². The molecule has 4 heteroatoms. The standard InChI is InChI=1S/C14H18ClNO2/c1-10(12-4-2-3-5-13(12)15)16(11-6-7-11)9-8-14(17)18/h2-5,10-11H,6-9H2,1H3,(H,17,18). The molecule has 0 aliphatic heterocycles. The number of carboxylic acid groups (broad SMARTS) is 1. The molecule has 0 radical (unpaired) electrons. The molecule has 0 spiro atoms. The van der Waals surface area contributed by atoms with Gasteiger partial charge in [-0.1, -0.05) is 29.8 Å². The molecule has 1 aromatic rings. The van der Waals surface area contributed by atoms with Gasteiger partial charge in [0.1, 0.15) is 0 Å². The molecule has 1 atom stereocenters. The number of hydrogen-bond donors (Lipinski definition) is 1. The number of nitrogens with zero attached hydrogens (tertiary/aromatic N) is 1. The maximum Gasteiger partial charge on any atom is 0.304 e. The number of rotatable bonds is 6. The highest BCUT2D eigenvalue weighted by atomic mass is 35.5. The summed E-state index contributed by atoms with van der Waals surface area (Å²) in [6.07, 6.45) is 2.51. The van der Waals surface area contributed by atoms with Gasteiger partial charge >= 0.3 is 5.97 Å². The van der Waals surface area contributed by atoms with Crippen molar-refractivity contribution >= 4 is 17.6 Å². The zero-order valence-corrected chi connectivity index (χ0v) is 11.2. The summed E-state index contributed by atoms with van der Waals surface area (Å²) in [6.45, 7) is 2.69. The van der Waals surface area contributed by atoms with Crippen molar-refractivity contribution in [2.24, 2.45) is 0 Å². The van der Waals surface area contributed by atoms with E-state index in [9.17, 15) is 4.79 Å². The summed E-state index contributed by atoms with van der Waals surface area (Å²) in [4.78, 5) is 13.0. The molecule has 2 rings (SSSR count). The summed E-state index contributed by atoms with van der Waals surface area (Å²) in [7, 11) is 0. The third-order valence-electron chi connectivity index (χ3n) is 3.45. The van der Waals surface area contributed by atoms with E-state index in [1.807, 2.05) is 24.3 Å². The minimum absolute atomic E-state index is 0.172. The van der Waals surface area contributed by atoms with Crippen LogP contribution < -0.4 is 0 Å². The van der Waals surface area contributed by atoms with Gasteiger partial charge in [-0.05, 0) is 31.4 Å². The van der Waals surface area contributed by atoms with Crippen LogP contribution in [-0.4, -0.2) is 28.6 Å². The van der Waals surface area contributed by atoms with Crippen LogP contribution in [0.15, 0.2) is 24.3 Å². The highest BCUT2D eigenvalue weighted by Gasteiger charge is 2.33. The zero-order chi connectivity index (χ0) is 13.1. The monoisotopic (exact) mass is 267 g/mol. The van der Waals surface area contributed by atoms with Crippen LogP contribution in [0.5, 0.6) is 0 Å². The average Bonchev–Trinajstić information content (AvgIpc) is 3.13. The van der Waals surface area contributed by atoms with Crippen molar-refractivity contribution in [1.29, 1.82) is 0 Å². The molecule has 1 unspecified atom stereocenters. The van der Waals surface area contributed by atoms with E-state index in [-0.39, 0.29) is 12.5 Å². The molecule has 0 saturated heterocycles. The maximum atomic E-state index is 10.7. The molecule has 0 amide bonds. The molecule has 0 heterocycles. The largest absolute Gasteiger partial charge is 0.481 e. The van der Waals surface area contributed by atoms with E-state index in [0.717, 1.165) is 23.4 Å². The van der Waals surface area contributed by atoms with E-state index in [2.05, 4.69) is 11.8 Å². The molecule has 1 aliphatic carbocycles. The Bertz CT molecular complexity index is 432. The second kappa shape index (κ2) is 5.72. The molecular formula is C14H18ClNO2. The molecule has 1 N–H and O–H groups in total. The number of benzene rings is 1. The van der Waals surface area contributed by atoms with Gasteiger partial charge in [-0.3, -0.25) is 9.69 Å². The lowest BCUT2D eigenvalue weighted by Gasteiger charge is -2.29. The van der Waals surface area contributed by atoms with E-state index in [4.69, 9.17) is 16.7 Å². The number of carbonyl (C=O) groups is 1. The molecule has 0 aromatic heterocycles. The fourth-order valence-corrected chi connectivity index (χ4v) is 2.61. The van der Waals surface area contributed by atoms with Crippen molar-refractivity contribution < 1.29 is 9.90 Å². The highest BCUT2D eigenvalue weighted by Crippen LogP contribution is 2.36. The summed E-state index contributed by atoms with van der Waals surface area (Å²) in [5.41, 5.74) is 1.08. The maximum absolute atomic E-state index is 10.7. The molecule has 98 valence electrons. The van der Waals surface area contributed by atoms with Crippen LogP contribution in [0, 0.1) is 0 Å². The summed E-state index contributed by atoms with van der Waals surface area (Å²) in [6, 6.07) is 8.48. The van der Waals surface area contributed by atoms with E-state index in [1.165, 1.54) is 0 Å². The predicted octanol–water partition coefficient (Wildman–Crippen LogP) is 3.34. The Morgan fingerprint density at radius 2 is 2.17 bits per heavy atom. The van der Waals surface area contributed by atoms with E-state index < -0.39 is 5.97 Å². The van der Waals surface area contributed by atoms with Crippen LogP contribution in [0.4, 0.5) is 0 Å². The molecule has 1 aromatic carbocycles. The van der Waals surface area contributed by atoms with Gasteiger partial charge in [-0.15, -0.1) is 0 Å². The minimum Gasteiger partial charge on any atom is -0.481 e. The summed E-state index contributed by atoms with van der Waals surface area (Å²) >= 11 is 6.21. The number of aliphatic carboxylic acids is 1. The molecule has 0 bridgehead atoms. The van der Waals surface area contributed by atoms with Gasteiger partial charge in [0.2, 0.25) is 0 Å². The third kappa shape index (κ3) is 3.24. The molecule has 1 fully saturated rings. The van der Waals surface area contributed by atoms with Gasteiger partial charge in [0.05, 0.1) is 6.42 Å². The first-order valence-electron chi connectivity index (χ1n) is 6.31. The van der Waals surface area contributed by atoms with Crippen molar-refractivity contribution in [1.82, 2.24) is 4.90 Å². The fourth-order valence-electron chi connectivity index (χ4n) is 2.32. The van der Waals surface area contributed by atoms with Gasteiger partial charge in [0.15, 0.2) is 0 Å². The van der Waals surface area contributed by atoms with Gasteiger partial charge in [0, 0.05) is 23.7 Å². The van der Waals surface area contributed by atoms with Crippen molar-refractivity contribution in [2.45, 2.75) is 38.3 Å². The lowest BCUT2D eigenvalue weighted by molar-refractivity contribution is -0.137. The quantitative estimate of drug-likeness (QED) is 0.859. The van der Waals surface area contributed by atoms with Crippen LogP contribution >= 0.6 is 11.6 Å². The third-order valence-corrected chi connectivity index (χ3v) is 3.80. The molecule has 1 aliphatic rings. The van der Waals surface area contributed by atoms with E-state index in [1.54, 1.807) is 0 Å². The number of hydrogen-bond acceptors (Lipinski definition) is 2. The fraction of sp³-hybridized carbons (Fsp3) is 0.500. The Morgan fingerprint density at radius 1 is 1.50 bits per heavy atom. The Morgan fingerprint density at radius 3 is 2.72 bits per heavy atom. The van der Waals surface area contributed by atoms with Crippen LogP contribution in [0.25, 0.3) is 0 Å². The van der Waals surface area contributed by atoms with Crippen LogP contribution in [0.3, 0.4) is 0 Å². The Kier molecular flexibility index (Phi) is 4.25. The normalized spacial score (nSPS) is 16.8. The molecule has 18 heavy (non-hydrogen) atoms. The first kappa shape index (κ1) is 13.4. The molecule has 3 nitrogen and oxygen atoms in total. The number of halogens is 1. The van der Waals surface area contributed by atoms with Crippen molar-refractivity contribution in [3.8, 4) is 0 Å². The lowest BCUT2D eigenvalue weighted by atomic mass is 10.1. The highest BCUT2D eigenvalue weighted by molar-refractivity contribution is 6.31. The first-order chi connectivity index (χ1) is 8.59. The van der Waals surface area contributed by atoms with Gasteiger partial charge in [-0.2, -0.15) is 0 Å². The first-order valence-corrected chi connectivity index (χ1v) is 6.69. The Labute approximate surface area is 112 Å². The van der Waals surface area contributed by atoms with Crippen molar-refractivity contribution in [3.05, 3.63) is 34.9 Å². The Balaban J connectivity index is 2.10. The van der Waals surface area contributed by atoms with Crippen LogP contribution in [0.1, 0.15) is 37.8 Å². The lowest BCUT2D eigenvalue weighted by Crippen LogP contribution is -2.31. The smallest absolute Gasteiger partial charge is 0.304 e. The summed E-state index contributed by atoms with van der Waals surface area (Å²) < 4.78 is 0. The summed E-state index contributed by atoms with van der Waals surface area (Å²) in [5.74, 6) is -0.744. The van der Waals surface area contributed by atoms with Crippen LogP contribution in [-0.2, 0) is 4.79 Å². The van der Waals surface area contributed by atoms with Crippen molar-refractivity contribution in [3.63, 3.8) is 0 Å². The van der Waals surface area contributed by atoms with E-state index in [0.29, 0.717) is 12.6 Å². The van der Waals surface area contributed by atoms with E-state index >= 15 is 0 Å². The van der Waals surface area contributed by atoms with Gasteiger partial charge in [0.25, 0.3) is 0 Å². The second-order valence-corrected chi connectivity index (χ2v) is 5.22. The predicted molar refractivity (Wildman–Crippen MR) is 71.8 cm³/mol. The Hall–Kier alpha value is -1.06. The topological polar surface area (TPSA) is 40.5 Å². The zero-order valence-electron chi connectivity index (χ0n) is 10.5. The van der Waals surface area contributed by atoms with Gasteiger partial charge in [-0.25, -0.2) is 0 Å². The average molecular weight is 268 g/mol. The van der Waals surface area contributed by atoms with Gasteiger partial charge < -0.3 is 5.11 Å². The molecular weight excluding hydrogens is 250 g/mol. The summed E-state index contributed by atoms with van der Waals surface area (Å²) in [5, 5.41) is 9.57. The minimum atomic E-state index is -0.744. The SMILES string of the molecule is CC(c1ccccc1Cl)N(CCC(=O)O)C1CC1. The number of carboxylic acids is 1. The second-order valence-electron chi connectivity index (χ2n) is 4.81. The van der Waals surface area contributed by atoms with Crippen molar-refractivity contribution in [2.75, 3.05) is 6.54 Å².